The van der Waals surface area contributed by atoms with Crippen LogP contribution in [-0.4, -0.2) is 29.9 Å². The molecule has 0 spiro atoms. The summed E-state index contributed by atoms with van der Waals surface area (Å²) in [7, 11) is 1.56. The summed E-state index contributed by atoms with van der Waals surface area (Å²) in [6, 6.07) is 2.70. The maximum absolute atomic E-state index is 13.2. The molecule has 0 bridgehead atoms. The van der Waals surface area contributed by atoms with Gasteiger partial charge in [0, 0.05) is 16.7 Å². The van der Waals surface area contributed by atoms with Crippen LogP contribution in [-0.2, 0) is 4.79 Å². The van der Waals surface area contributed by atoms with Crippen LogP contribution in [0.25, 0.3) is 0 Å². The molecule has 1 atom stereocenters. The molecule has 1 aromatic carbocycles. The lowest BCUT2D eigenvalue weighted by Gasteiger charge is -2.10. The number of benzene rings is 1. The summed E-state index contributed by atoms with van der Waals surface area (Å²) >= 11 is 1.17. The molecule has 2 N–H and O–H groups in total. The van der Waals surface area contributed by atoms with Crippen molar-refractivity contribution in [3.63, 3.8) is 0 Å². The Morgan fingerprint density at radius 1 is 1.53 bits per heavy atom. The van der Waals surface area contributed by atoms with Crippen molar-refractivity contribution in [2.24, 2.45) is 0 Å². The minimum absolute atomic E-state index is 0.326. The molecule has 1 aromatic rings. The Morgan fingerprint density at radius 2 is 2.24 bits per heavy atom. The molecule has 0 saturated heterocycles. The van der Waals surface area contributed by atoms with Gasteiger partial charge >= 0.3 is 5.97 Å². The van der Waals surface area contributed by atoms with E-state index >= 15 is 0 Å². The molecule has 0 radical (unpaired) electrons. The minimum Gasteiger partial charge on any atom is -0.480 e. The molecule has 0 heterocycles. The smallest absolute Gasteiger partial charge is 0.320 e. The van der Waals surface area contributed by atoms with E-state index in [1.165, 1.54) is 23.9 Å². The number of rotatable bonds is 6. The Morgan fingerprint density at radius 3 is 2.76 bits per heavy atom. The number of carbonyl (C=O) groups is 1. The topological polar surface area (TPSA) is 49.3 Å². The van der Waals surface area contributed by atoms with Gasteiger partial charge < -0.3 is 10.4 Å². The molecule has 1 rings (SSSR count). The van der Waals surface area contributed by atoms with E-state index in [9.17, 15) is 13.6 Å². The van der Waals surface area contributed by atoms with Crippen molar-refractivity contribution in [2.45, 2.75) is 17.4 Å². The SMILES string of the molecule is CNC(CCSc1ccc(F)cc1F)C(=O)O. The summed E-state index contributed by atoms with van der Waals surface area (Å²) in [5.74, 6) is -1.73. The Bertz CT molecular complexity index is 401. The fraction of sp³-hybridized carbons (Fsp3) is 0.364. The quantitative estimate of drug-likeness (QED) is 0.770. The summed E-state index contributed by atoms with van der Waals surface area (Å²) in [5, 5.41) is 11.4. The van der Waals surface area contributed by atoms with Crippen LogP contribution in [0.3, 0.4) is 0 Å². The maximum atomic E-state index is 13.2. The van der Waals surface area contributed by atoms with Gasteiger partial charge in [-0.3, -0.25) is 4.79 Å². The van der Waals surface area contributed by atoms with Crippen LogP contribution in [0.1, 0.15) is 6.42 Å². The van der Waals surface area contributed by atoms with Gasteiger partial charge in [-0.15, -0.1) is 11.8 Å². The van der Waals surface area contributed by atoms with Gasteiger partial charge in [0.2, 0.25) is 0 Å². The molecule has 0 aromatic heterocycles. The van der Waals surface area contributed by atoms with Gasteiger partial charge in [-0.05, 0) is 25.6 Å². The molecule has 6 heteroatoms. The Kier molecular flexibility index (Phi) is 5.37. The first-order valence-corrected chi connectivity index (χ1v) is 6.01. The molecule has 0 saturated carbocycles. The molecule has 3 nitrogen and oxygen atoms in total. The third kappa shape index (κ3) is 4.32. The molecule has 0 aliphatic carbocycles. The number of thioether (sulfide) groups is 1. The average Bonchev–Trinajstić information content (AvgIpc) is 2.26. The van der Waals surface area contributed by atoms with E-state index in [0.29, 0.717) is 17.1 Å². The highest BCUT2D eigenvalue weighted by Crippen LogP contribution is 2.23. The molecule has 0 amide bonds. The van der Waals surface area contributed by atoms with E-state index in [-0.39, 0.29) is 0 Å². The van der Waals surface area contributed by atoms with Gasteiger partial charge in [0.25, 0.3) is 0 Å². The summed E-state index contributed by atoms with van der Waals surface area (Å²) in [6.07, 6.45) is 0.368. The first-order valence-electron chi connectivity index (χ1n) is 5.02. The average molecular weight is 261 g/mol. The number of aliphatic carboxylic acids is 1. The third-order valence-corrected chi connectivity index (χ3v) is 3.29. The summed E-state index contributed by atoms with van der Waals surface area (Å²) < 4.78 is 25.8. The molecule has 94 valence electrons. The van der Waals surface area contributed by atoms with Gasteiger partial charge in [-0.1, -0.05) is 0 Å². The van der Waals surface area contributed by atoms with Crippen LogP contribution >= 0.6 is 11.8 Å². The second-order valence-electron chi connectivity index (χ2n) is 3.39. The molecule has 17 heavy (non-hydrogen) atoms. The number of hydrogen-bond acceptors (Lipinski definition) is 3. The number of hydrogen-bond donors (Lipinski definition) is 2. The highest BCUT2D eigenvalue weighted by molar-refractivity contribution is 7.99. The third-order valence-electron chi connectivity index (χ3n) is 2.20. The summed E-state index contributed by atoms with van der Waals surface area (Å²) in [4.78, 5) is 11.0. The largest absolute Gasteiger partial charge is 0.480 e. The fourth-order valence-electron chi connectivity index (χ4n) is 1.27. The van der Waals surface area contributed by atoms with Crippen LogP contribution < -0.4 is 5.32 Å². The van der Waals surface area contributed by atoms with Crippen LogP contribution in [0.5, 0.6) is 0 Å². The molecule has 0 aliphatic heterocycles. The van der Waals surface area contributed by atoms with E-state index in [0.717, 1.165) is 6.07 Å². The predicted molar refractivity (Wildman–Crippen MR) is 62.2 cm³/mol. The van der Waals surface area contributed by atoms with Gasteiger partial charge in [0.05, 0.1) is 0 Å². The molecule has 0 fully saturated rings. The summed E-state index contributed by atoms with van der Waals surface area (Å²) in [5.41, 5.74) is 0. The normalized spacial score (nSPS) is 12.4. The predicted octanol–water partition coefficient (Wildman–Crippen LogP) is 2.12. The monoisotopic (exact) mass is 261 g/mol. The van der Waals surface area contributed by atoms with Crippen LogP contribution in [0, 0.1) is 11.6 Å². The van der Waals surface area contributed by atoms with Gasteiger partial charge in [-0.2, -0.15) is 0 Å². The van der Waals surface area contributed by atoms with E-state index in [1.807, 2.05) is 0 Å². The number of carboxylic acid groups (broad SMARTS) is 1. The lowest BCUT2D eigenvalue weighted by molar-refractivity contribution is -0.139. The van der Waals surface area contributed by atoms with Crippen molar-refractivity contribution in [2.75, 3.05) is 12.8 Å². The van der Waals surface area contributed by atoms with Gasteiger partial charge in [-0.25, -0.2) is 8.78 Å². The van der Waals surface area contributed by atoms with Crippen LogP contribution in [0.15, 0.2) is 23.1 Å². The fourth-order valence-corrected chi connectivity index (χ4v) is 2.20. The lowest BCUT2D eigenvalue weighted by atomic mass is 10.2. The second-order valence-corrected chi connectivity index (χ2v) is 4.53. The van der Waals surface area contributed by atoms with Crippen LogP contribution in [0.2, 0.25) is 0 Å². The van der Waals surface area contributed by atoms with Crippen molar-refractivity contribution in [1.29, 1.82) is 0 Å². The van der Waals surface area contributed by atoms with E-state index < -0.39 is 23.6 Å². The zero-order valence-electron chi connectivity index (χ0n) is 9.24. The van der Waals surface area contributed by atoms with Crippen molar-refractivity contribution >= 4 is 17.7 Å². The Balaban J connectivity index is 2.48. The molecular formula is C11H13F2NO2S. The van der Waals surface area contributed by atoms with Crippen LogP contribution in [0.4, 0.5) is 8.78 Å². The van der Waals surface area contributed by atoms with Crippen molar-refractivity contribution < 1.29 is 18.7 Å². The number of halogens is 2. The number of likely N-dealkylation sites (N-methyl/N-ethyl adjacent to an activating group) is 1. The van der Waals surface area contributed by atoms with Gasteiger partial charge in [0.15, 0.2) is 0 Å². The second kappa shape index (κ2) is 6.56. The van der Waals surface area contributed by atoms with E-state index in [1.54, 1.807) is 7.05 Å². The van der Waals surface area contributed by atoms with Crippen molar-refractivity contribution in [1.82, 2.24) is 5.32 Å². The highest BCUT2D eigenvalue weighted by atomic mass is 32.2. The molecule has 1 unspecified atom stereocenters. The lowest BCUT2D eigenvalue weighted by Crippen LogP contribution is -2.34. The maximum Gasteiger partial charge on any atom is 0.320 e. The van der Waals surface area contributed by atoms with E-state index in [2.05, 4.69) is 5.32 Å². The highest BCUT2D eigenvalue weighted by Gasteiger charge is 2.14. The number of carboxylic acids is 1. The Hall–Kier alpha value is -1.14. The Labute approximate surface area is 102 Å². The standard InChI is InChI=1S/C11H13F2NO2S/c1-14-9(11(15)16)4-5-17-10-3-2-7(12)6-8(10)13/h2-3,6,9,14H,4-5H2,1H3,(H,15,16). The zero-order valence-corrected chi connectivity index (χ0v) is 10.1. The first-order chi connectivity index (χ1) is 8.04. The molecule has 0 aliphatic rings. The van der Waals surface area contributed by atoms with Gasteiger partial charge in [0.1, 0.15) is 17.7 Å². The zero-order chi connectivity index (χ0) is 12.8. The minimum atomic E-state index is -0.937. The van der Waals surface area contributed by atoms with Crippen molar-refractivity contribution in [3.8, 4) is 0 Å². The number of nitrogens with one attached hydrogen (secondary N) is 1. The first kappa shape index (κ1) is 13.9. The van der Waals surface area contributed by atoms with Crippen molar-refractivity contribution in [3.05, 3.63) is 29.8 Å². The van der Waals surface area contributed by atoms with E-state index in [4.69, 9.17) is 5.11 Å². The molecular weight excluding hydrogens is 248 g/mol. The summed E-state index contributed by atoms with van der Waals surface area (Å²) in [6.45, 7) is 0.